The van der Waals surface area contributed by atoms with Gasteiger partial charge in [0.2, 0.25) is 0 Å². The topological polar surface area (TPSA) is 50.8 Å². The van der Waals surface area contributed by atoms with Crippen LogP contribution in [0.25, 0.3) is 11.0 Å². The van der Waals surface area contributed by atoms with Crippen molar-refractivity contribution in [2.24, 2.45) is 0 Å². The first-order chi connectivity index (χ1) is 10.2. The van der Waals surface area contributed by atoms with Gasteiger partial charge in [0.05, 0.1) is 40.2 Å². The average molecular weight is 304 g/mol. The highest BCUT2D eigenvalue weighted by atomic mass is 35.5. The van der Waals surface area contributed by atoms with Gasteiger partial charge in [0.15, 0.2) is 0 Å². The van der Waals surface area contributed by atoms with Crippen molar-refractivity contribution in [1.82, 2.24) is 9.55 Å². The molecule has 1 fully saturated rings. The van der Waals surface area contributed by atoms with E-state index in [2.05, 4.69) is 15.6 Å². The largest absolute Gasteiger partial charge is 0.379 e. The molecule has 1 aliphatic carbocycles. The van der Waals surface area contributed by atoms with Gasteiger partial charge in [0.1, 0.15) is 5.82 Å². The summed E-state index contributed by atoms with van der Waals surface area (Å²) in [5, 5.41) is 8.96. The Labute approximate surface area is 129 Å². The number of methoxy groups -OCH3 is 1. The monoisotopic (exact) mass is 303 g/mol. The van der Waals surface area contributed by atoms with Crippen LogP contribution in [0, 0.1) is 11.3 Å². The van der Waals surface area contributed by atoms with Crippen LogP contribution in [-0.4, -0.2) is 22.8 Å². The molecular formula is C16H18ClN3O. The zero-order chi connectivity index (χ0) is 15.0. The second-order valence-electron chi connectivity index (χ2n) is 5.54. The van der Waals surface area contributed by atoms with Gasteiger partial charge in [-0.25, -0.2) is 4.98 Å². The average Bonchev–Trinajstić information content (AvgIpc) is 3.09. The molecule has 5 heteroatoms. The Bertz CT molecular complexity index is 701. The van der Waals surface area contributed by atoms with E-state index in [4.69, 9.17) is 21.6 Å². The number of benzene rings is 1. The van der Waals surface area contributed by atoms with Gasteiger partial charge in [0.25, 0.3) is 0 Å². The summed E-state index contributed by atoms with van der Waals surface area (Å²) in [5.41, 5.74) is 2.51. The van der Waals surface area contributed by atoms with Crippen molar-refractivity contribution in [3.8, 4) is 6.07 Å². The molecule has 3 rings (SSSR count). The number of halogens is 1. The van der Waals surface area contributed by atoms with Crippen LogP contribution in [0.4, 0.5) is 0 Å². The van der Waals surface area contributed by atoms with Crippen LogP contribution in [0.5, 0.6) is 0 Å². The molecule has 110 valence electrons. The lowest BCUT2D eigenvalue weighted by atomic mass is 10.1. The Kier molecular flexibility index (Phi) is 3.88. The third-order valence-corrected chi connectivity index (χ3v) is 4.45. The van der Waals surface area contributed by atoms with E-state index < -0.39 is 0 Å². The maximum absolute atomic E-state index is 9.14. The Hall–Kier alpha value is -1.57. The summed E-state index contributed by atoms with van der Waals surface area (Å²) in [4.78, 5) is 4.67. The molecule has 1 heterocycles. The summed E-state index contributed by atoms with van der Waals surface area (Å²) in [6.07, 6.45) is 3.42. The zero-order valence-electron chi connectivity index (χ0n) is 12.2. The number of rotatable bonds is 3. The highest BCUT2D eigenvalue weighted by Gasteiger charge is 2.32. The molecule has 1 saturated carbocycles. The maximum Gasteiger partial charge on any atom is 0.128 e. The Balaban J connectivity index is 2.22. The van der Waals surface area contributed by atoms with Gasteiger partial charge < -0.3 is 9.30 Å². The predicted octanol–water partition coefficient (Wildman–Crippen LogP) is 3.95. The SMILES string of the molecule is COC1CCCC1n1c(C(C)Cl)nc2ccc(C#N)cc21. The first kappa shape index (κ1) is 14.4. The third kappa shape index (κ3) is 2.41. The van der Waals surface area contributed by atoms with Crippen LogP contribution in [0.1, 0.15) is 49.0 Å². The number of aromatic nitrogens is 2. The molecule has 0 amide bonds. The lowest BCUT2D eigenvalue weighted by molar-refractivity contribution is 0.0753. The van der Waals surface area contributed by atoms with E-state index in [0.717, 1.165) is 36.1 Å². The van der Waals surface area contributed by atoms with Crippen LogP contribution in [0.3, 0.4) is 0 Å². The van der Waals surface area contributed by atoms with E-state index in [9.17, 15) is 0 Å². The molecule has 0 bridgehead atoms. The third-order valence-electron chi connectivity index (χ3n) is 4.25. The molecule has 3 unspecified atom stereocenters. The molecule has 1 aromatic heterocycles. The van der Waals surface area contributed by atoms with E-state index in [0.29, 0.717) is 5.56 Å². The van der Waals surface area contributed by atoms with Gasteiger partial charge in [-0.05, 0) is 44.4 Å². The van der Waals surface area contributed by atoms with E-state index in [-0.39, 0.29) is 17.5 Å². The Morgan fingerprint density at radius 2 is 2.29 bits per heavy atom. The number of hydrogen-bond donors (Lipinski definition) is 0. The fourth-order valence-corrected chi connectivity index (χ4v) is 3.44. The van der Waals surface area contributed by atoms with E-state index in [1.54, 1.807) is 13.2 Å². The van der Waals surface area contributed by atoms with E-state index in [1.165, 1.54) is 0 Å². The van der Waals surface area contributed by atoms with Crippen molar-refractivity contribution in [2.45, 2.75) is 43.7 Å². The molecule has 3 atom stereocenters. The minimum atomic E-state index is -0.180. The second kappa shape index (κ2) is 5.67. The number of nitrogens with zero attached hydrogens (tertiary/aromatic N) is 3. The maximum atomic E-state index is 9.14. The van der Waals surface area contributed by atoms with Gasteiger partial charge in [-0.1, -0.05) is 0 Å². The first-order valence-corrected chi connectivity index (χ1v) is 7.68. The fraction of sp³-hybridized carbons (Fsp3) is 0.500. The number of alkyl halides is 1. The van der Waals surface area contributed by atoms with Gasteiger partial charge in [-0.15, -0.1) is 11.6 Å². The standard InChI is InChI=1S/C16H18ClN3O/c1-10(17)16-19-12-7-6-11(9-18)8-14(12)20(16)13-4-3-5-15(13)21-2/h6-8,10,13,15H,3-5H2,1-2H3. The minimum absolute atomic E-state index is 0.180. The smallest absolute Gasteiger partial charge is 0.128 e. The summed E-state index contributed by atoms with van der Waals surface area (Å²) < 4.78 is 7.82. The molecule has 0 saturated heterocycles. The lowest BCUT2D eigenvalue weighted by Gasteiger charge is -2.23. The fourth-order valence-electron chi connectivity index (χ4n) is 3.29. The summed E-state index contributed by atoms with van der Waals surface area (Å²) in [6.45, 7) is 1.93. The van der Waals surface area contributed by atoms with Crippen molar-refractivity contribution >= 4 is 22.6 Å². The van der Waals surface area contributed by atoms with Crippen molar-refractivity contribution in [3.63, 3.8) is 0 Å². The number of nitriles is 1. The molecule has 1 aliphatic rings. The summed E-state index contributed by atoms with van der Waals surface area (Å²) in [6, 6.07) is 8.02. The summed E-state index contributed by atoms with van der Waals surface area (Å²) >= 11 is 6.33. The molecule has 0 spiro atoms. The van der Waals surface area contributed by atoms with Crippen LogP contribution in [0.15, 0.2) is 18.2 Å². The van der Waals surface area contributed by atoms with Crippen molar-refractivity contribution in [3.05, 3.63) is 29.6 Å². The highest BCUT2D eigenvalue weighted by molar-refractivity contribution is 6.20. The van der Waals surface area contributed by atoms with Crippen LogP contribution < -0.4 is 0 Å². The normalized spacial score (nSPS) is 23.3. The Morgan fingerprint density at radius 3 is 2.95 bits per heavy atom. The Morgan fingerprint density at radius 1 is 1.48 bits per heavy atom. The van der Waals surface area contributed by atoms with Gasteiger partial charge in [-0.2, -0.15) is 5.26 Å². The molecular weight excluding hydrogens is 286 g/mol. The molecule has 0 aliphatic heterocycles. The number of imidazole rings is 1. The van der Waals surface area contributed by atoms with Gasteiger partial charge in [-0.3, -0.25) is 0 Å². The van der Waals surface area contributed by atoms with Crippen LogP contribution in [-0.2, 0) is 4.74 Å². The number of hydrogen-bond acceptors (Lipinski definition) is 3. The lowest BCUT2D eigenvalue weighted by Crippen LogP contribution is -2.22. The van der Waals surface area contributed by atoms with Crippen molar-refractivity contribution in [1.29, 1.82) is 5.26 Å². The quantitative estimate of drug-likeness (QED) is 0.807. The second-order valence-corrected chi connectivity index (χ2v) is 6.20. The summed E-state index contributed by atoms with van der Waals surface area (Å²) in [5.74, 6) is 0.857. The summed E-state index contributed by atoms with van der Waals surface area (Å²) in [7, 11) is 1.76. The minimum Gasteiger partial charge on any atom is -0.379 e. The molecule has 0 N–H and O–H groups in total. The number of ether oxygens (including phenoxy) is 1. The molecule has 1 aromatic carbocycles. The van der Waals surface area contributed by atoms with Crippen LogP contribution in [0.2, 0.25) is 0 Å². The molecule has 2 aromatic rings. The number of fused-ring (bicyclic) bond motifs is 1. The molecule has 0 radical (unpaired) electrons. The van der Waals surface area contributed by atoms with Crippen LogP contribution >= 0.6 is 11.6 Å². The zero-order valence-corrected chi connectivity index (χ0v) is 13.0. The van der Waals surface area contributed by atoms with E-state index in [1.807, 2.05) is 19.1 Å². The predicted molar refractivity (Wildman–Crippen MR) is 82.4 cm³/mol. The van der Waals surface area contributed by atoms with Crippen molar-refractivity contribution < 1.29 is 4.74 Å². The molecule has 4 nitrogen and oxygen atoms in total. The van der Waals surface area contributed by atoms with E-state index >= 15 is 0 Å². The van der Waals surface area contributed by atoms with Gasteiger partial charge >= 0.3 is 0 Å². The highest BCUT2D eigenvalue weighted by Crippen LogP contribution is 2.38. The van der Waals surface area contributed by atoms with Gasteiger partial charge in [0, 0.05) is 7.11 Å². The van der Waals surface area contributed by atoms with Crippen molar-refractivity contribution in [2.75, 3.05) is 7.11 Å². The molecule has 21 heavy (non-hydrogen) atoms. The first-order valence-electron chi connectivity index (χ1n) is 7.24.